The number of esters is 1. The van der Waals surface area contributed by atoms with Gasteiger partial charge in [0.1, 0.15) is 18.5 Å². The third kappa shape index (κ3) is 6.35. The van der Waals surface area contributed by atoms with E-state index >= 15 is 0 Å². The van der Waals surface area contributed by atoms with E-state index in [4.69, 9.17) is 10.5 Å². The molecule has 2 aromatic rings. The summed E-state index contributed by atoms with van der Waals surface area (Å²) in [5.74, 6) is -2.41. The number of halogens is 1. The Hall–Kier alpha value is -3.22. The summed E-state index contributed by atoms with van der Waals surface area (Å²) in [5.41, 5.74) is 6.61. The molecule has 0 aliphatic heterocycles. The van der Waals surface area contributed by atoms with Gasteiger partial charge in [0.2, 0.25) is 11.8 Å². The first-order valence-corrected chi connectivity index (χ1v) is 7.96. The van der Waals surface area contributed by atoms with Crippen molar-refractivity contribution < 1.29 is 23.5 Å². The van der Waals surface area contributed by atoms with Gasteiger partial charge in [-0.1, -0.05) is 42.5 Å². The first-order valence-electron chi connectivity index (χ1n) is 7.96. The Morgan fingerprint density at radius 1 is 1.00 bits per heavy atom. The zero-order chi connectivity index (χ0) is 18.9. The second-order valence-electron chi connectivity index (χ2n) is 5.68. The van der Waals surface area contributed by atoms with Gasteiger partial charge in [0.05, 0.1) is 12.8 Å². The lowest BCUT2D eigenvalue weighted by Crippen LogP contribution is -2.46. The molecule has 7 heteroatoms. The number of amides is 2. The van der Waals surface area contributed by atoms with Gasteiger partial charge in [0, 0.05) is 0 Å². The van der Waals surface area contributed by atoms with Crippen molar-refractivity contribution in [3.63, 3.8) is 0 Å². The number of benzene rings is 2. The van der Waals surface area contributed by atoms with E-state index in [1.165, 1.54) is 24.3 Å². The predicted molar refractivity (Wildman–Crippen MR) is 92.1 cm³/mol. The predicted octanol–water partition coefficient (Wildman–Crippen LogP) is 1.47. The molecule has 2 rings (SSSR count). The minimum absolute atomic E-state index is 0.0642. The highest BCUT2D eigenvalue weighted by Gasteiger charge is 2.22. The fourth-order valence-corrected chi connectivity index (χ4v) is 2.22. The summed E-state index contributed by atoms with van der Waals surface area (Å²) in [6.07, 6.45) is -0.430. The molecule has 0 saturated heterocycles. The third-order valence-electron chi connectivity index (χ3n) is 3.57. The van der Waals surface area contributed by atoms with Gasteiger partial charge in [-0.15, -0.1) is 0 Å². The number of hydrogen-bond donors (Lipinski definition) is 2. The lowest BCUT2D eigenvalue weighted by Gasteiger charge is -2.15. The monoisotopic (exact) mass is 358 g/mol. The van der Waals surface area contributed by atoms with E-state index in [-0.39, 0.29) is 19.4 Å². The van der Waals surface area contributed by atoms with Gasteiger partial charge < -0.3 is 15.8 Å². The van der Waals surface area contributed by atoms with Crippen molar-refractivity contribution in [3.05, 3.63) is 71.5 Å². The van der Waals surface area contributed by atoms with Crippen LogP contribution in [-0.4, -0.2) is 23.8 Å². The fourth-order valence-electron chi connectivity index (χ4n) is 2.22. The average Bonchev–Trinajstić information content (AvgIpc) is 2.62. The normalized spacial score (nSPS) is 11.4. The lowest BCUT2D eigenvalue weighted by molar-refractivity contribution is -0.147. The van der Waals surface area contributed by atoms with E-state index < -0.39 is 29.6 Å². The molecule has 2 aromatic carbocycles. The van der Waals surface area contributed by atoms with Crippen molar-refractivity contribution in [3.8, 4) is 0 Å². The van der Waals surface area contributed by atoms with Crippen LogP contribution in [0.15, 0.2) is 54.6 Å². The molecule has 3 N–H and O–H groups in total. The highest BCUT2D eigenvalue weighted by Crippen LogP contribution is 2.05. The van der Waals surface area contributed by atoms with E-state index in [0.717, 1.165) is 5.56 Å². The van der Waals surface area contributed by atoms with Gasteiger partial charge >= 0.3 is 5.97 Å². The highest BCUT2D eigenvalue weighted by molar-refractivity contribution is 5.90. The summed E-state index contributed by atoms with van der Waals surface area (Å²) in [7, 11) is 0. The molecule has 0 radical (unpaired) electrons. The quantitative estimate of drug-likeness (QED) is 0.698. The highest BCUT2D eigenvalue weighted by atomic mass is 19.1. The Bertz CT molecular complexity index is 763. The van der Waals surface area contributed by atoms with Crippen molar-refractivity contribution in [2.45, 2.75) is 25.5 Å². The number of rotatable bonds is 8. The minimum atomic E-state index is -1.17. The van der Waals surface area contributed by atoms with E-state index in [1.807, 2.05) is 18.2 Å². The fraction of sp³-hybridized carbons (Fsp3) is 0.211. The Morgan fingerprint density at radius 2 is 1.65 bits per heavy atom. The summed E-state index contributed by atoms with van der Waals surface area (Å²) in [4.78, 5) is 35.4. The Balaban J connectivity index is 1.85. The average molecular weight is 358 g/mol. The maximum Gasteiger partial charge on any atom is 0.308 e. The van der Waals surface area contributed by atoms with Crippen LogP contribution < -0.4 is 11.1 Å². The molecule has 0 fully saturated rings. The topological polar surface area (TPSA) is 98.5 Å². The number of nitrogens with one attached hydrogen (secondary N) is 1. The van der Waals surface area contributed by atoms with E-state index in [0.29, 0.717) is 5.56 Å². The molecule has 0 aromatic heterocycles. The van der Waals surface area contributed by atoms with E-state index in [2.05, 4.69) is 5.32 Å². The zero-order valence-corrected chi connectivity index (χ0v) is 14.0. The summed E-state index contributed by atoms with van der Waals surface area (Å²) in [5, 5.41) is 2.40. The third-order valence-corrected chi connectivity index (χ3v) is 3.57. The van der Waals surface area contributed by atoms with Crippen molar-refractivity contribution in [2.24, 2.45) is 5.73 Å². The van der Waals surface area contributed by atoms with Crippen LogP contribution in [0.25, 0.3) is 0 Å². The van der Waals surface area contributed by atoms with Gasteiger partial charge in [-0.2, -0.15) is 0 Å². The molecule has 0 aliphatic rings. The number of carbonyl (C=O) groups is 3. The van der Waals surface area contributed by atoms with Crippen LogP contribution in [0.5, 0.6) is 0 Å². The maximum absolute atomic E-state index is 12.9. The Kier molecular flexibility index (Phi) is 6.84. The smallest absolute Gasteiger partial charge is 0.308 e. The summed E-state index contributed by atoms with van der Waals surface area (Å²) in [6, 6.07) is 13.3. The molecule has 1 atom stereocenters. The zero-order valence-electron chi connectivity index (χ0n) is 14.0. The van der Waals surface area contributed by atoms with Gasteiger partial charge in [0.25, 0.3) is 0 Å². The minimum Gasteiger partial charge on any atom is -0.461 e. The van der Waals surface area contributed by atoms with E-state index in [9.17, 15) is 18.8 Å². The number of ether oxygens (including phenoxy) is 1. The van der Waals surface area contributed by atoms with Gasteiger partial charge in [-0.3, -0.25) is 14.4 Å². The van der Waals surface area contributed by atoms with Crippen LogP contribution in [0, 0.1) is 5.82 Å². The molecule has 0 saturated carbocycles. The maximum atomic E-state index is 12.9. The van der Waals surface area contributed by atoms with E-state index in [1.54, 1.807) is 12.1 Å². The van der Waals surface area contributed by atoms with Crippen molar-refractivity contribution >= 4 is 17.8 Å². The lowest BCUT2D eigenvalue weighted by atomic mass is 10.1. The molecule has 2 amide bonds. The van der Waals surface area contributed by atoms with Gasteiger partial charge in [-0.05, 0) is 23.3 Å². The number of carbonyl (C=O) groups excluding carboxylic acids is 3. The molecular weight excluding hydrogens is 339 g/mol. The summed E-state index contributed by atoms with van der Waals surface area (Å²) >= 11 is 0. The SMILES string of the molecule is NC(=O)[C@H](CC(=O)OCc1ccccc1)NC(=O)Cc1ccc(F)cc1. The molecule has 136 valence electrons. The van der Waals surface area contributed by atoms with Crippen LogP contribution in [-0.2, 0) is 32.1 Å². The largest absolute Gasteiger partial charge is 0.461 e. The number of nitrogens with two attached hydrogens (primary N) is 1. The first kappa shape index (κ1) is 19.1. The van der Waals surface area contributed by atoms with Crippen molar-refractivity contribution in [1.29, 1.82) is 0 Å². The Morgan fingerprint density at radius 3 is 2.27 bits per heavy atom. The van der Waals surface area contributed by atoms with Crippen LogP contribution in [0.4, 0.5) is 4.39 Å². The number of hydrogen-bond acceptors (Lipinski definition) is 4. The molecular formula is C19H19FN2O4. The molecule has 0 spiro atoms. The Labute approximate surface area is 150 Å². The van der Waals surface area contributed by atoms with Crippen LogP contribution in [0.3, 0.4) is 0 Å². The van der Waals surface area contributed by atoms with Crippen LogP contribution in [0.1, 0.15) is 17.5 Å². The summed E-state index contributed by atoms with van der Waals surface area (Å²) < 4.78 is 17.9. The molecule has 0 heterocycles. The van der Waals surface area contributed by atoms with Crippen molar-refractivity contribution in [1.82, 2.24) is 5.32 Å². The van der Waals surface area contributed by atoms with Crippen molar-refractivity contribution in [2.75, 3.05) is 0 Å². The molecule has 0 unspecified atom stereocenters. The molecule has 6 nitrogen and oxygen atoms in total. The van der Waals surface area contributed by atoms with Gasteiger partial charge in [0.15, 0.2) is 0 Å². The summed E-state index contributed by atoms with van der Waals surface area (Å²) in [6.45, 7) is 0.0642. The standard InChI is InChI=1S/C19H19FN2O4/c20-15-8-6-13(7-9-15)10-17(23)22-16(19(21)25)11-18(24)26-12-14-4-2-1-3-5-14/h1-9,16H,10-12H2,(H2,21,25)(H,22,23)/t16-/m0/s1. The second-order valence-corrected chi connectivity index (χ2v) is 5.68. The van der Waals surface area contributed by atoms with Crippen LogP contribution >= 0.6 is 0 Å². The second kappa shape index (κ2) is 9.31. The molecule has 0 aliphatic carbocycles. The molecule has 0 bridgehead atoms. The number of primary amides is 1. The first-order chi connectivity index (χ1) is 12.4. The van der Waals surface area contributed by atoms with Crippen LogP contribution in [0.2, 0.25) is 0 Å². The van der Waals surface area contributed by atoms with Gasteiger partial charge in [-0.25, -0.2) is 4.39 Å². The molecule has 26 heavy (non-hydrogen) atoms.